The highest BCUT2D eigenvalue weighted by atomic mass is 16.7. The van der Waals surface area contributed by atoms with Crippen molar-refractivity contribution in [1.82, 2.24) is 0 Å². The second kappa shape index (κ2) is 8.97. The van der Waals surface area contributed by atoms with Gasteiger partial charge in [-0.15, -0.1) is 0 Å². The molecule has 102 valence electrons. The maximum Gasteiger partial charge on any atom is 0.356 e. The molecule has 18 heavy (non-hydrogen) atoms. The zero-order valence-corrected chi connectivity index (χ0v) is 10.4. The summed E-state index contributed by atoms with van der Waals surface area (Å²) in [5.74, 6) is -2.16. The summed E-state index contributed by atoms with van der Waals surface area (Å²) in [5.41, 5.74) is -0.298. The molecule has 0 aliphatic rings. The number of methoxy groups -OCH3 is 2. The first kappa shape index (κ1) is 15.9. The zero-order chi connectivity index (χ0) is 14.0. The van der Waals surface area contributed by atoms with Crippen LogP contribution in [0.1, 0.15) is 13.3 Å². The molecule has 0 rings (SSSR count). The fraction of sp³-hybridized carbons (Fsp3) is 0.600. The number of ether oxygens (including phenoxy) is 3. The van der Waals surface area contributed by atoms with Crippen LogP contribution in [0.4, 0.5) is 0 Å². The van der Waals surface area contributed by atoms with Gasteiger partial charge in [-0.3, -0.25) is 4.79 Å². The van der Waals surface area contributed by atoms with Gasteiger partial charge >= 0.3 is 17.9 Å². The van der Waals surface area contributed by atoms with E-state index in [2.05, 4.69) is 24.2 Å². The summed E-state index contributed by atoms with van der Waals surface area (Å²) in [6, 6.07) is 0. The molecular formula is C10H15NO7. The SMILES string of the molecule is CCOC(=O)CO/N=C(/CC(=O)OC)C(=O)OC. The summed E-state index contributed by atoms with van der Waals surface area (Å²) in [4.78, 5) is 37.7. The molecule has 0 heterocycles. The lowest BCUT2D eigenvalue weighted by Gasteiger charge is -2.04. The van der Waals surface area contributed by atoms with E-state index in [9.17, 15) is 14.4 Å². The van der Waals surface area contributed by atoms with Crippen LogP contribution in [0.25, 0.3) is 0 Å². The fourth-order valence-electron chi connectivity index (χ4n) is 0.834. The molecule has 0 saturated heterocycles. The predicted octanol–water partition coefficient (Wildman–Crippen LogP) is -0.342. The van der Waals surface area contributed by atoms with Crippen molar-refractivity contribution in [3.8, 4) is 0 Å². The Morgan fingerprint density at radius 1 is 1.06 bits per heavy atom. The summed E-state index contributed by atoms with van der Waals surface area (Å²) >= 11 is 0. The number of hydrogen-bond donors (Lipinski definition) is 0. The van der Waals surface area contributed by atoms with Crippen molar-refractivity contribution in [3.63, 3.8) is 0 Å². The van der Waals surface area contributed by atoms with Crippen molar-refractivity contribution in [1.29, 1.82) is 0 Å². The van der Waals surface area contributed by atoms with Gasteiger partial charge in [0.25, 0.3) is 0 Å². The van der Waals surface area contributed by atoms with Gasteiger partial charge in [0.15, 0.2) is 5.71 Å². The lowest BCUT2D eigenvalue weighted by Crippen LogP contribution is -2.21. The van der Waals surface area contributed by atoms with Crippen molar-refractivity contribution in [2.75, 3.05) is 27.4 Å². The molecule has 0 aromatic rings. The molecule has 8 heteroatoms. The van der Waals surface area contributed by atoms with E-state index in [4.69, 9.17) is 0 Å². The van der Waals surface area contributed by atoms with Crippen molar-refractivity contribution < 1.29 is 33.4 Å². The standard InChI is InChI=1S/C10H15NO7/c1-4-17-9(13)6-18-11-7(10(14)16-3)5-8(12)15-2/h4-6H2,1-3H3/b11-7-. The van der Waals surface area contributed by atoms with Crippen molar-refractivity contribution in [2.24, 2.45) is 5.16 Å². The molecule has 0 amide bonds. The monoisotopic (exact) mass is 261 g/mol. The molecule has 0 aromatic heterocycles. The molecule has 0 saturated carbocycles. The third-order valence-corrected chi connectivity index (χ3v) is 1.62. The minimum atomic E-state index is -0.843. The van der Waals surface area contributed by atoms with Gasteiger partial charge in [-0.1, -0.05) is 5.16 Å². The molecule has 0 atom stereocenters. The number of nitrogens with zero attached hydrogens (tertiary/aromatic N) is 1. The van der Waals surface area contributed by atoms with Crippen LogP contribution >= 0.6 is 0 Å². The molecule has 0 radical (unpaired) electrons. The van der Waals surface area contributed by atoms with Gasteiger partial charge in [-0.05, 0) is 6.92 Å². The fourth-order valence-corrected chi connectivity index (χ4v) is 0.834. The Morgan fingerprint density at radius 3 is 2.22 bits per heavy atom. The van der Waals surface area contributed by atoms with E-state index in [0.29, 0.717) is 0 Å². The predicted molar refractivity (Wildman–Crippen MR) is 58.7 cm³/mol. The van der Waals surface area contributed by atoms with Crippen molar-refractivity contribution >= 4 is 23.6 Å². The molecule has 8 nitrogen and oxygen atoms in total. The Morgan fingerprint density at radius 2 is 1.72 bits per heavy atom. The Bertz CT molecular complexity index is 337. The van der Waals surface area contributed by atoms with Crippen LogP contribution in [0.3, 0.4) is 0 Å². The average molecular weight is 261 g/mol. The number of rotatable bonds is 7. The first-order chi connectivity index (χ1) is 8.54. The Kier molecular flexibility index (Phi) is 7.91. The highest BCUT2D eigenvalue weighted by Crippen LogP contribution is 1.95. The van der Waals surface area contributed by atoms with E-state index in [-0.39, 0.29) is 12.3 Å². The molecule has 0 aliphatic heterocycles. The van der Waals surface area contributed by atoms with Crippen LogP contribution in [0, 0.1) is 0 Å². The average Bonchev–Trinajstić information content (AvgIpc) is 2.36. The molecule has 0 aromatic carbocycles. The second-order valence-corrected chi connectivity index (χ2v) is 2.86. The van der Waals surface area contributed by atoms with Crippen LogP contribution in [-0.4, -0.2) is 51.1 Å². The normalized spacial score (nSPS) is 10.5. The quantitative estimate of drug-likeness (QED) is 0.267. The second-order valence-electron chi connectivity index (χ2n) is 2.86. The molecule has 0 spiro atoms. The van der Waals surface area contributed by atoms with E-state index < -0.39 is 30.9 Å². The maximum absolute atomic E-state index is 11.2. The first-order valence-electron chi connectivity index (χ1n) is 5.04. The summed E-state index contributed by atoms with van der Waals surface area (Å²) in [7, 11) is 2.29. The van der Waals surface area contributed by atoms with Gasteiger partial charge in [0.2, 0.25) is 6.61 Å². The Hall–Kier alpha value is -2.12. The molecule has 0 fully saturated rings. The third kappa shape index (κ3) is 6.46. The highest BCUT2D eigenvalue weighted by Gasteiger charge is 2.18. The van der Waals surface area contributed by atoms with Gasteiger partial charge in [0.05, 0.1) is 27.2 Å². The summed E-state index contributed by atoms with van der Waals surface area (Å²) in [5, 5.41) is 3.35. The van der Waals surface area contributed by atoms with Gasteiger partial charge in [0.1, 0.15) is 0 Å². The van der Waals surface area contributed by atoms with Crippen LogP contribution in [0.5, 0.6) is 0 Å². The lowest BCUT2D eigenvalue weighted by atomic mass is 10.3. The van der Waals surface area contributed by atoms with Crippen molar-refractivity contribution in [2.45, 2.75) is 13.3 Å². The van der Waals surface area contributed by atoms with Crippen molar-refractivity contribution in [3.05, 3.63) is 0 Å². The zero-order valence-electron chi connectivity index (χ0n) is 10.4. The van der Waals surface area contributed by atoms with Crippen LogP contribution < -0.4 is 0 Å². The highest BCUT2D eigenvalue weighted by molar-refractivity contribution is 6.39. The van der Waals surface area contributed by atoms with Crippen LogP contribution in [0.15, 0.2) is 5.16 Å². The van der Waals surface area contributed by atoms with E-state index in [1.54, 1.807) is 6.92 Å². The third-order valence-electron chi connectivity index (χ3n) is 1.62. The van der Waals surface area contributed by atoms with Gasteiger partial charge in [0, 0.05) is 0 Å². The van der Waals surface area contributed by atoms with E-state index in [1.807, 2.05) is 0 Å². The molecule has 0 bridgehead atoms. The number of carbonyl (C=O) groups is 3. The van der Waals surface area contributed by atoms with Crippen LogP contribution in [0.2, 0.25) is 0 Å². The minimum absolute atomic E-state index is 0.206. The van der Waals surface area contributed by atoms with Gasteiger partial charge in [-0.25, -0.2) is 9.59 Å². The first-order valence-corrected chi connectivity index (χ1v) is 5.04. The minimum Gasteiger partial charge on any atom is -0.469 e. The number of esters is 3. The van der Waals surface area contributed by atoms with E-state index in [0.717, 1.165) is 14.2 Å². The molecular weight excluding hydrogens is 246 g/mol. The largest absolute Gasteiger partial charge is 0.469 e. The molecule has 0 unspecified atom stereocenters. The van der Waals surface area contributed by atoms with Gasteiger partial charge in [-0.2, -0.15) is 0 Å². The van der Waals surface area contributed by atoms with Gasteiger partial charge < -0.3 is 19.0 Å². The maximum atomic E-state index is 11.2. The summed E-state index contributed by atoms with van der Waals surface area (Å²) in [6.07, 6.45) is -0.411. The topological polar surface area (TPSA) is 100 Å². The summed E-state index contributed by atoms with van der Waals surface area (Å²) < 4.78 is 13.3. The Balaban J connectivity index is 4.42. The molecule has 0 N–H and O–H groups in total. The smallest absolute Gasteiger partial charge is 0.356 e. The molecule has 0 aliphatic carbocycles. The number of carbonyl (C=O) groups excluding carboxylic acids is 3. The van der Waals surface area contributed by atoms with E-state index >= 15 is 0 Å². The lowest BCUT2D eigenvalue weighted by molar-refractivity contribution is -0.148. The van der Waals surface area contributed by atoms with E-state index in [1.165, 1.54) is 0 Å². The number of hydrogen-bond acceptors (Lipinski definition) is 8. The summed E-state index contributed by atoms with van der Waals surface area (Å²) in [6.45, 7) is 1.38. The Labute approximate surface area is 104 Å². The van der Waals surface area contributed by atoms with Crippen LogP contribution in [-0.2, 0) is 33.4 Å². The number of oxime groups is 1.